The highest BCUT2D eigenvalue weighted by molar-refractivity contribution is 7.93. The Labute approximate surface area is 117 Å². The van der Waals surface area contributed by atoms with Crippen LogP contribution in [0.5, 0.6) is 0 Å². The summed E-state index contributed by atoms with van der Waals surface area (Å²) in [6.07, 6.45) is 0. The Morgan fingerprint density at radius 3 is 2.70 bits per heavy atom. The van der Waals surface area contributed by atoms with Gasteiger partial charge in [0, 0.05) is 30.3 Å². The van der Waals surface area contributed by atoms with Gasteiger partial charge in [-0.05, 0) is 17.3 Å². The van der Waals surface area contributed by atoms with Gasteiger partial charge in [0.2, 0.25) is 5.13 Å². The van der Waals surface area contributed by atoms with Gasteiger partial charge in [0.15, 0.2) is 4.90 Å². The maximum Gasteiger partial charge on any atom is 0.291 e. The van der Waals surface area contributed by atoms with Crippen molar-refractivity contribution in [3.8, 4) is 0 Å². The van der Waals surface area contributed by atoms with Gasteiger partial charge in [-0.2, -0.15) is 0 Å². The van der Waals surface area contributed by atoms with E-state index in [1.165, 1.54) is 6.07 Å². The molecule has 106 valence electrons. The second-order valence-electron chi connectivity index (χ2n) is 3.46. The van der Waals surface area contributed by atoms with Crippen molar-refractivity contribution in [2.75, 3.05) is 17.1 Å². The molecule has 0 amide bonds. The van der Waals surface area contributed by atoms with Crippen molar-refractivity contribution in [1.29, 1.82) is 0 Å². The summed E-state index contributed by atoms with van der Waals surface area (Å²) in [5, 5.41) is 20.3. The minimum atomic E-state index is -4.14. The highest BCUT2D eigenvalue weighted by Gasteiger charge is 2.27. The second kappa shape index (κ2) is 5.34. The number of aromatic nitrogens is 3. The molecule has 12 heteroatoms. The summed E-state index contributed by atoms with van der Waals surface area (Å²) in [4.78, 5) is 9.76. The predicted octanol–water partition coefficient (Wildman–Crippen LogP) is 0.684. The fourth-order valence-corrected chi connectivity index (χ4v) is 3.12. The fraction of sp³-hybridized carbons (Fsp3) is 0.125. The lowest BCUT2D eigenvalue weighted by Gasteiger charge is -2.07. The number of anilines is 2. The molecule has 0 spiro atoms. The molecule has 1 heterocycles. The van der Waals surface area contributed by atoms with Crippen LogP contribution in [-0.2, 0) is 10.0 Å². The van der Waals surface area contributed by atoms with E-state index in [0.29, 0.717) is 5.69 Å². The van der Waals surface area contributed by atoms with E-state index in [-0.39, 0.29) is 5.13 Å². The second-order valence-corrected chi connectivity index (χ2v) is 5.85. The van der Waals surface area contributed by atoms with E-state index in [4.69, 9.17) is 0 Å². The molecule has 2 aromatic rings. The van der Waals surface area contributed by atoms with Crippen molar-refractivity contribution >= 4 is 38.1 Å². The van der Waals surface area contributed by atoms with Crippen molar-refractivity contribution in [3.63, 3.8) is 0 Å². The van der Waals surface area contributed by atoms with Crippen molar-refractivity contribution < 1.29 is 13.3 Å². The Balaban J connectivity index is 2.48. The molecular weight excluding hydrogens is 308 g/mol. The summed E-state index contributed by atoms with van der Waals surface area (Å²) in [6.45, 7) is 0. The lowest BCUT2D eigenvalue weighted by atomic mass is 10.3. The minimum Gasteiger partial charge on any atom is -0.388 e. The highest BCUT2D eigenvalue weighted by Crippen LogP contribution is 2.28. The molecule has 2 N–H and O–H groups in total. The summed E-state index contributed by atoms with van der Waals surface area (Å²) in [5.41, 5.74) is -0.116. The molecule has 2 rings (SSSR count). The van der Waals surface area contributed by atoms with E-state index in [2.05, 4.69) is 24.8 Å². The average molecular weight is 316 g/mol. The van der Waals surface area contributed by atoms with E-state index in [0.717, 1.165) is 23.7 Å². The Hall–Kier alpha value is -2.34. The molecule has 0 radical (unpaired) electrons. The molecule has 0 bridgehead atoms. The van der Waals surface area contributed by atoms with Crippen molar-refractivity contribution in [2.45, 2.75) is 4.90 Å². The number of benzene rings is 1. The number of nitrogens with one attached hydrogen (secondary N) is 2. The zero-order valence-electron chi connectivity index (χ0n) is 9.97. The molecule has 0 saturated heterocycles. The molecule has 0 aliphatic rings. The standard InChI is InChI=1S/C8H8N6O4S2/c1-9-5-2-3-7(6(4-5)14(15)16)20(17,18)11-8-10-12-13-19-8/h2-4,9H,1H3,(H,10,11,13). The molecule has 10 nitrogen and oxygen atoms in total. The number of nitro groups is 1. The summed E-state index contributed by atoms with van der Waals surface area (Å²) in [5.74, 6) is 0. The SMILES string of the molecule is CNc1ccc(S(=O)(=O)Nc2nnns2)c([N+](=O)[O-])c1. The highest BCUT2D eigenvalue weighted by atomic mass is 32.2. The number of nitrogens with zero attached hydrogens (tertiary/aromatic N) is 4. The first-order valence-electron chi connectivity index (χ1n) is 5.08. The van der Waals surface area contributed by atoms with Crippen LogP contribution >= 0.6 is 11.5 Å². The molecule has 0 aliphatic carbocycles. The Morgan fingerprint density at radius 2 is 2.15 bits per heavy atom. The van der Waals surface area contributed by atoms with Crippen LogP contribution in [0.4, 0.5) is 16.5 Å². The minimum absolute atomic E-state index is 0.0722. The van der Waals surface area contributed by atoms with Gasteiger partial charge in [0.25, 0.3) is 15.7 Å². The van der Waals surface area contributed by atoms with Gasteiger partial charge in [-0.3, -0.25) is 14.8 Å². The summed E-state index contributed by atoms with van der Waals surface area (Å²) >= 11 is 0.722. The first-order chi connectivity index (χ1) is 9.44. The molecule has 0 unspecified atom stereocenters. The van der Waals surface area contributed by atoms with Gasteiger partial charge >= 0.3 is 0 Å². The Morgan fingerprint density at radius 1 is 1.40 bits per heavy atom. The summed E-state index contributed by atoms with van der Waals surface area (Å²) in [7, 11) is -2.57. The van der Waals surface area contributed by atoms with Gasteiger partial charge in [-0.25, -0.2) is 8.42 Å². The van der Waals surface area contributed by atoms with E-state index in [9.17, 15) is 18.5 Å². The number of sulfonamides is 1. The first-order valence-corrected chi connectivity index (χ1v) is 7.34. The molecule has 1 aromatic heterocycles. The van der Waals surface area contributed by atoms with Crippen molar-refractivity contribution in [2.24, 2.45) is 0 Å². The number of hydrogen-bond donors (Lipinski definition) is 2. The third-order valence-electron chi connectivity index (χ3n) is 2.25. The number of nitro benzene ring substituents is 1. The predicted molar refractivity (Wildman–Crippen MR) is 71.2 cm³/mol. The van der Waals surface area contributed by atoms with Gasteiger partial charge in [-0.1, -0.05) is 9.59 Å². The van der Waals surface area contributed by atoms with Gasteiger partial charge in [-0.15, -0.1) is 0 Å². The third kappa shape index (κ3) is 2.80. The van der Waals surface area contributed by atoms with Crippen LogP contribution in [0.1, 0.15) is 0 Å². The van der Waals surface area contributed by atoms with Gasteiger partial charge in [0.05, 0.1) is 4.92 Å². The molecule has 0 fully saturated rings. The number of rotatable bonds is 5. The molecule has 0 atom stereocenters. The van der Waals surface area contributed by atoms with Gasteiger partial charge < -0.3 is 5.32 Å². The third-order valence-corrected chi connectivity index (χ3v) is 4.28. The zero-order chi connectivity index (χ0) is 14.8. The molecule has 1 aromatic carbocycles. The van der Waals surface area contributed by atoms with Crippen LogP contribution in [0.15, 0.2) is 23.1 Å². The van der Waals surface area contributed by atoms with Crippen LogP contribution in [-0.4, -0.2) is 35.2 Å². The zero-order valence-corrected chi connectivity index (χ0v) is 11.6. The quantitative estimate of drug-likeness (QED) is 0.606. The smallest absolute Gasteiger partial charge is 0.291 e. The summed E-state index contributed by atoms with van der Waals surface area (Å²) < 4.78 is 29.7. The lowest BCUT2D eigenvalue weighted by molar-refractivity contribution is -0.387. The summed E-state index contributed by atoms with van der Waals surface area (Å²) in [6, 6.07) is 3.69. The first kappa shape index (κ1) is 14.1. The van der Waals surface area contributed by atoms with Crippen LogP contribution in [0.2, 0.25) is 0 Å². The van der Waals surface area contributed by atoms with E-state index in [1.807, 2.05) is 0 Å². The number of hydrogen-bond acceptors (Lipinski definition) is 9. The van der Waals surface area contributed by atoms with Crippen LogP contribution in [0, 0.1) is 10.1 Å². The van der Waals surface area contributed by atoms with E-state index < -0.39 is 25.5 Å². The largest absolute Gasteiger partial charge is 0.388 e. The monoisotopic (exact) mass is 316 g/mol. The fourth-order valence-electron chi connectivity index (χ4n) is 1.39. The Bertz CT molecular complexity index is 729. The van der Waals surface area contributed by atoms with E-state index >= 15 is 0 Å². The average Bonchev–Trinajstić information content (AvgIpc) is 2.90. The lowest BCUT2D eigenvalue weighted by Crippen LogP contribution is -2.14. The van der Waals surface area contributed by atoms with E-state index in [1.54, 1.807) is 7.05 Å². The molecular formula is C8H8N6O4S2. The van der Waals surface area contributed by atoms with Crippen molar-refractivity contribution in [1.82, 2.24) is 14.8 Å². The van der Waals surface area contributed by atoms with Crippen molar-refractivity contribution in [3.05, 3.63) is 28.3 Å². The maximum atomic E-state index is 12.1. The maximum absolute atomic E-state index is 12.1. The van der Waals surface area contributed by atoms with Crippen LogP contribution in [0.25, 0.3) is 0 Å². The molecule has 20 heavy (non-hydrogen) atoms. The van der Waals surface area contributed by atoms with Crippen LogP contribution < -0.4 is 10.0 Å². The normalized spacial score (nSPS) is 11.1. The molecule has 0 saturated carbocycles. The Kier molecular flexibility index (Phi) is 3.76. The van der Waals surface area contributed by atoms with Gasteiger partial charge in [0.1, 0.15) is 0 Å². The molecule has 0 aliphatic heterocycles. The van der Waals surface area contributed by atoms with Crippen LogP contribution in [0.3, 0.4) is 0 Å². The topological polar surface area (TPSA) is 140 Å².